The molecule has 2 aromatic carbocycles. The number of amides is 2. The number of rotatable bonds is 7. The fourth-order valence-corrected chi connectivity index (χ4v) is 4.02. The number of aromatic nitrogens is 2. The third-order valence-corrected chi connectivity index (χ3v) is 5.86. The lowest BCUT2D eigenvalue weighted by Crippen LogP contribution is -2.47. The number of ether oxygens (including phenoxy) is 1. The minimum absolute atomic E-state index is 0.0713. The maximum Gasteiger partial charge on any atom is 0.251 e. The predicted molar refractivity (Wildman–Crippen MR) is 122 cm³/mol. The molecular weight excluding hydrogens is 404 g/mol. The first-order valence-electron chi connectivity index (χ1n) is 10.9. The molecule has 1 aromatic heterocycles. The van der Waals surface area contributed by atoms with E-state index < -0.39 is 0 Å². The third-order valence-electron chi connectivity index (χ3n) is 5.86. The van der Waals surface area contributed by atoms with Gasteiger partial charge in [0.1, 0.15) is 5.75 Å². The highest BCUT2D eigenvalue weighted by Crippen LogP contribution is 2.20. The third kappa shape index (κ3) is 5.35. The van der Waals surface area contributed by atoms with E-state index in [0.717, 1.165) is 36.3 Å². The van der Waals surface area contributed by atoms with Gasteiger partial charge in [0.25, 0.3) is 5.91 Å². The highest BCUT2D eigenvalue weighted by molar-refractivity contribution is 5.94. The van der Waals surface area contributed by atoms with Crippen LogP contribution >= 0.6 is 0 Å². The molecule has 166 valence electrons. The molecule has 0 unspecified atom stereocenters. The molecule has 32 heavy (non-hydrogen) atoms. The lowest BCUT2D eigenvalue weighted by molar-refractivity contribution is -0.131. The van der Waals surface area contributed by atoms with Gasteiger partial charge in [0.15, 0.2) is 0 Å². The second kappa shape index (κ2) is 10.1. The molecule has 1 fully saturated rings. The Balaban J connectivity index is 1.25. The Morgan fingerprint density at radius 1 is 1.09 bits per heavy atom. The smallest absolute Gasteiger partial charge is 0.251 e. The largest absolute Gasteiger partial charge is 0.496 e. The molecule has 7 heteroatoms. The van der Waals surface area contributed by atoms with Crippen LogP contribution in [0.15, 0.2) is 67.3 Å². The molecule has 1 N–H and O–H groups in total. The van der Waals surface area contributed by atoms with E-state index in [9.17, 15) is 9.59 Å². The first-order chi connectivity index (χ1) is 15.6. The summed E-state index contributed by atoms with van der Waals surface area (Å²) in [6.45, 7) is 2.01. The highest BCUT2D eigenvalue weighted by Gasteiger charge is 2.24. The summed E-state index contributed by atoms with van der Waals surface area (Å²) in [4.78, 5) is 31.3. The summed E-state index contributed by atoms with van der Waals surface area (Å²) < 4.78 is 7.33. The molecule has 0 saturated carbocycles. The zero-order chi connectivity index (χ0) is 22.3. The van der Waals surface area contributed by atoms with Crippen molar-refractivity contribution >= 4 is 11.8 Å². The number of nitrogens with one attached hydrogen (secondary N) is 1. The van der Waals surface area contributed by atoms with Gasteiger partial charge in [-0.25, -0.2) is 4.98 Å². The minimum Gasteiger partial charge on any atom is -0.496 e. The van der Waals surface area contributed by atoms with E-state index in [1.54, 1.807) is 19.6 Å². The fraction of sp³-hybridized carbons (Fsp3) is 0.320. The number of likely N-dealkylation sites (tertiary alicyclic amines) is 1. The van der Waals surface area contributed by atoms with E-state index in [4.69, 9.17) is 4.74 Å². The van der Waals surface area contributed by atoms with Crippen molar-refractivity contribution in [2.24, 2.45) is 0 Å². The Morgan fingerprint density at radius 2 is 1.84 bits per heavy atom. The Kier molecular flexibility index (Phi) is 6.84. The van der Waals surface area contributed by atoms with Crippen LogP contribution in [0.2, 0.25) is 0 Å². The Bertz CT molecular complexity index is 1040. The van der Waals surface area contributed by atoms with Gasteiger partial charge >= 0.3 is 0 Å². The maximum atomic E-state index is 12.7. The quantitative estimate of drug-likeness (QED) is 0.623. The van der Waals surface area contributed by atoms with Crippen LogP contribution in [0, 0.1) is 0 Å². The van der Waals surface area contributed by atoms with Crippen molar-refractivity contribution in [1.29, 1.82) is 0 Å². The number of methoxy groups -OCH3 is 1. The SMILES string of the molecule is COc1ccccc1CC(=O)N1CCC(NC(=O)c2ccc(Cn3ccnc3)cc2)CC1. The topological polar surface area (TPSA) is 76.5 Å². The van der Waals surface area contributed by atoms with Crippen molar-refractivity contribution in [3.05, 3.63) is 83.9 Å². The zero-order valence-corrected chi connectivity index (χ0v) is 18.2. The maximum absolute atomic E-state index is 12.7. The van der Waals surface area contributed by atoms with Crippen LogP contribution < -0.4 is 10.1 Å². The van der Waals surface area contributed by atoms with Gasteiger partial charge in [-0.05, 0) is 36.6 Å². The van der Waals surface area contributed by atoms with E-state index in [0.29, 0.717) is 25.1 Å². The number of piperidine rings is 1. The number of imidazole rings is 1. The fourth-order valence-electron chi connectivity index (χ4n) is 4.02. The van der Waals surface area contributed by atoms with Gasteiger partial charge in [-0.2, -0.15) is 0 Å². The molecule has 0 aliphatic carbocycles. The van der Waals surface area contributed by atoms with Crippen molar-refractivity contribution in [3.63, 3.8) is 0 Å². The molecule has 2 heterocycles. The standard InChI is InChI=1S/C25H28N4O3/c1-32-23-5-3-2-4-21(23)16-24(30)29-13-10-22(11-14-29)27-25(31)20-8-6-19(7-9-20)17-28-15-12-26-18-28/h2-9,12,15,18,22H,10-11,13-14,16-17H2,1H3,(H,27,31). The number of hydrogen-bond donors (Lipinski definition) is 1. The summed E-state index contributed by atoms with van der Waals surface area (Å²) in [7, 11) is 1.62. The Hall–Kier alpha value is -3.61. The first-order valence-corrected chi connectivity index (χ1v) is 10.9. The number of para-hydroxylation sites is 1. The highest BCUT2D eigenvalue weighted by atomic mass is 16.5. The van der Waals surface area contributed by atoms with E-state index in [1.165, 1.54) is 0 Å². The summed E-state index contributed by atoms with van der Waals surface area (Å²) in [5.74, 6) is 0.754. The van der Waals surface area contributed by atoms with Crippen molar-refractivity contribution in [2.75, 3.05) is 20.2 Å². The van der Waals surface area contributed by atoms with Crippen molar-refractivity contribution in [1.82, 2.24) is 19.8 Å². The molecule has 0 radical (unpaired) electrons. The lowest BCUT2D eigenvalue weighted by atomic mass is 10.0. The summed E-state index contributed by atoms with van der Waals surface area (Å²) in [5, 5.41) is 3.12. The van der Waals surface area contributed by atoms with Gasteiger partial charge in [0, 0.05) is 49.2 Å². The van der Waals surface area contributed by atoms with Crippen LogP contribution in [-0.2, 0) is 17.8 Å². The summed E-state index contributed by atoms with van der Waals surface area (Å²) in [6, 6.07) is 15.3. The minimum atomic E-state index is -0.0713. The van der Waals surface area contributed by atoms with Crippen molar-refractivity contribution in [3.8, 4) is 5.75 Å². The van der Waals surface area contributed by atoms with Gasteiger partial charge in [0.2, 0.25) is 5.91 Å². The van der Waals surface area contributed by atoms with Crippen LogP contribution in [-0.4, -0.2) is 52.5 Å². The van der Waals surface area contributed by atoms with Crippen LogP contribution in [0.3, 0.4) is 0 Å². The Labute approximate surface area is 188 Å². The lowest BCUT2D eigenvalue weighted by Gasteiger charge is -2.32. The van der Waals surface area contributed by atoms with E-state index in [-0.39, 0.29) is 17.9 Å². The molecular formula is C25H28N4O3. The molecule has 7 nitrogen and oxygen atoms in total. The molecule has 0 bridgehead atoms. The number of carbonyl (C=O) groups is 2. The van der Waals surface area contributed by atoms with Crippen LogP contribution in [0.5, 0.6) is 5.75 Å². The van der Waals surface area contributed by atoms with Gasteiger partial charge < -0.3 is 19.5 Å². The van der Waals surface area contributed by atoms with Crippen LogP contribution in [0.4, 0.5) is 0 Å². The van der Waals surface area contributed by atoms with Gasteiger partial charge in [-0.1, -0.05) is 30.3 Å². The molecule has 1 aliphatic rings. The molecule has 2 amide bonds. The van der Waals surface area contributed by atoms with Crippen LogP contribution in [0.25, 0.3) is 0 Å². The summed E-state index contributed by atoms with van der Waals surface area (Å²) in [5.41, 5.74) is 2.65. The molecule has 1 saturated heterocycles. The molecule has 0 atom stereocenters. The summed E-state index contributed by atoms with van der Waals surface area (Å²) in [6.07, 6.45) is 7.26. The average molecular weight is 433 g/mol. The van der Waals surface area contributed by atoms with Crippen molar-refractivity contribution < 1.29 is 14.3 Å². The van der Waals surface area contributed by atoms with Gasteiger partial charge in [-0.3, -0.25) is 9.59 Å². The molecule has 0 spiro atoms. The predicted octanol–water partition coefficient (Wildman–Crippen LogP) is 2.90. The normalized spacial score (nSPS) is 14.2. The number of benzene rings is 2. The van der Waals surface area contributed by atoms with E-state index in [2.05, 4.69) is 10.3 Å². The average Bonchev–Trinajstić information content (AvgIpc) is 3.33. The first kappa shape index (κ1) is 21.6. The second-order valence-electron chi connectivity index (χ2n) is 8.05. The zero-order valence-electron chi connectivity index (χ0n) is 18.2. The van der Waals surface area contributed by atoms with Crippen molar-refractivity contribution in [2.45, 2.75) is 31.8 Å². The molecule has 1 aliphatic heterocycles. The number of hydrogen-bond acceptors (Lipinski definition) is 4. The monoisotopic (exact) mass is 432 g/mol. The molecule has 3 aromatic rings. The second-order valence-corrected chi connectivity index (χ2v) is 8.05. The van der Waals surface area contributed by atoms with E-state index >= 15 is 0 Å². The van der Waals surface area contributed by atoms with Gasteiger partial charge in [0.05, 0.1) is 19.9 Å². The number of nitrogens with zero attached hydrogens (tertiary/aromatic N) is 3. The Morgan fingerprint density at radius 3 is 2.53 bits per heavy atom. The summed E-state index contributed by atoms with van der Waals surface area (Å²) >= 11 is 0. The van der Waals surface area contributed by atoms with E-state index in [1.807, 2.05) is 64.2 Å². The number of carbonyl (C=O) groups excluding carboxylic acids is 2. The van der Waals surface area contributed by atoms with Gasteiger partial charge in [-0.15, -0.1) is 0 Å². The van der Waals surface area contributed by atoms with Crippen LogP contribution in [0.1, 0.15) is 34.3 Å². The molecule has 4 rings (SSSR count).